The fourth-order valence-electron chi connectivity index (χ4n) is 0.951. The van der Waals surface area contributed by atoms with Crippen LogP contribution in [0.4, 0.5) is 0 Å². The van der Waals surface area contributed by atoms with Gasteiger partial charge in [0.2, 0.25) is 0 Å². The van der Waals surface area contributed by atoms with Crippen molar-refractivity contribution in [3.05, 3.63) is 35.4 Å². The molecule has 0 saturated heterocycles. The molecular formula is C10H16I2. The summed E-state index contributed by atoms with van der Waals surface area (Å²) in [5, 5.41) is 0. The molecule has 1 rings (SSSR count). The van der Waals surface area contributed by atoms with Crippen molar-refractivity contribution in [2.24, 2.45) is 0 Å². The second-order valence-corrected chi connectivity index (χ2v) is 3.07. The first-order valence-corrected chi connectivity index (χ1v) is 3.76. The van der Waals surface area contributed by atoms with Gasteiger partial charge in [-0.05, 0) is 18.4 Å². The second kappa shape index (κ2) is 7.12. The number of rotatable bonds is 1. The van der Waals surface area contributed by atoms with Gasteiger partial charge in [-0.25, -0.2) is 0 Å². The standard InChI is InChI=1S/C10H14.2HI/c1-8(2)10-6-4-9(3)5-7-10;;/h4-8H,1-3H3;2*1H. The molecule has 0 aliphatic carbocycles. The van der Waals surface area contributed by atoms with E-state index in [0.29, 0.717) is 5.92 Å². The van der Waals surface area contributed by atoms with Gasteiger partial charge < -0.3 is 0 Å². The van der Waals surface area contributed by atoms with Crippen LogP contribution in [0.2, 0.25) is 0 Å². The average Bonchev–Trinajstić information content (AvgIpc) is 1.88. The summed E-state index contributed by atoms with van der Waals surface area (Å²) in [6.45, 7) is 6.54. The largest absolute Gasteiger partial charge is 0.107 e. The molecule has 0 aliphatic rings. The van der Waals surface area contributed by atoms with Crippen LogP contribution < -0.4 is 0 Å². The molecule has 0 unspecified atom stereocenters. The summed E-state index contributed by atoms with van der Waals surface area (Å²) in [7, 11) is 0. The Labute approximate surface area is 109 Å². The molecule has 0 aliphatic heterocycles. The molecule has 0 heterocycles. The first-order chi connectivity index (χ1) is 4.70. The van der Waals surface area contributed by atoms with Crippen molar-refractivity contribution in [1.82, 2.24) is 0 Å². The lowest BCUT2D eigenvalue weighted by Crippen LogP contribution is -1.85. The van der Waals surface area contributed by atoms with Crippen molar-refractivity contribution in [3.8, 4) is 0 Å². The second-order valence-electron chi connectivity index (χ2n) is 3.07. The maximum atomic E-state index is 2.21. The Morgan fingerprint density at radius 2 is 1.33 bits per heavy atom. The van der Waals surface area contributed by atoms with Gasteiger partial charge in [0, 0.05) is 0 Å². The summed E-state index contributed by atoms with van der Waals surface area (Å²) in [6, 6.07) is 8.71. The van der Waals surface area contributed by atoms with Crippen molar-refractivity contribution in [2.45, 2.75) is 26.7 Å². The molecule has 0 atom stereocenters. The Morgan fingerprint density at radius 3 is 1.67 bits per heavy atom. The van der Waals surface area contributed by atoms with Crippen LogP contribution in [0.25, 0.3) is 0 Å². The van der Waals surface area contributed by atoms with Gasteiger partial charge in [0.05, 0.1) is 0 Å². The highest BCUT2D eigenvalue weighted by molar-refractivity contribution is 14.0. The van der Waals surface area contributed by atoms with Gasteiger partial charge in [-0.3, -0.25) is 0 Å². The van der Waals surface area contributed by atoms with E-state index in [1.807, 2.05) is 0 Å². The Hall–Kier alpha value is 0.680. The molecule has 0 N–H and O–H groups in total. The monoisotopic (exact) mass is 390 g/mol. The molecule has 0 radical (unpaired) electrons. The van der Waals surface area contributed by atoms with Gasteiger partial charge in [0.15, 0.2) is 0 Å². The highest BCUT2D eigenvalue weighted by atomic mass is 127. The Kier molecular flexibility index (Phi) is 9.00. The van der Waals surface area contributed by atoms with Gasteiger partial charge >= 0.3 is 0 Å². The van der Waals surface area contributed by atoms with E-state index in [0.717, 1.165) is 0 Å². The summed E-state index contributed by atoms with van der Waals surface area (Å²) in [5.74, 6) is 0.653. The Morgan fingerprint density at radius 1 is 0.917 bits per heavy atom. The minimum Gasteiger partial charge on any atom is -0.107 e. The zero-order chi connectivity index (χ0) is 7.56. The van der Waals surface area contributed by atoms with Crippen molar-refractivity contribution in [3.63, 3.8) is 0 Å². The van der Waals surface area contributed by atoms with Crippen LogP contribution in [0.3, 0.4) is 0 Å². The fourth-order valence-corrected chi connectivity index (χ4v) is 0.951. The lowest BCUT2D eigenvalue weighted by atomic mass is 10.0. The molecule has 0 amide bonds. The molecule has 0 bridgehead atoms. The predicted molar refractivity (Wildman–Crippen MR) is 76.1 cm³/mol. The van der Waals surface area contributed by atoms with Gasteiger partial charge in [0.1, 0.15) is 0 Å². The van der Waals surface area contributed by atoms with Crippen LogP contribution >= 0.6 is 48.0 Å². The van der Waals surface area contributed by atoms with E-state index >= 15 is 0 Å². The molecule has 70 valence electrons. The molecule has 0 saturated carbocycles. The minimum absolute atomic E-state index is 0. The molecule has 1 aromatic rings. The lowest BCUT2D eigenvalue weighted by Gasteiger charge is -2.03. The van der Waals surface area contributed by atoms with Crippen LogP contribution in [-0.2, 0) is 0 Å². The van der Waals surface area contributed by atoms with Gasteiger partial charge in [0.25, 0.3) is 0 Å². The third kappa shape index (κ3) is 4.64. The summed E-state index contributed by atoms with van der Waals surface area (Å²) >= 11 is 0. The van der Waals surface area contributed by atoms with Crippen LogP contribution in [-0.4, -0.2) is 0 Å². The summed E-state index contributed by atoms with van der Waals surface area (Å²) in [5.41, 5.74) is 2.76. The van der Waals surface area contributed by atoms with Gasteiger partial charge in [-0.1, -0.05) is 43.7 Å². The molecule has 2 heteroatoms. The van der Waals surface area contributed by atoms with Crippen molar-refractivity contribution >= 4 is 48.0 Å². The van der Waals surface area contributed by atoms with Crippen molar-refractivity contribution in [2.75, 3.05) is 0 Å². The van der Waals surface area contributed by atoms with Crippen molar-refractivity contribution < 1.29 is 0 Å². The van der Waals surface area contributed by atoms with Gasteiger partial charge in [-0.2, -0.15) is 0 Å². The maximum absolute atomic E-state index is 2.21. The number of halogens is 2. The molecule has 12 heavy (non-hydrogen) atoms. The number of benzene rings is 1. The normalized spacial score (nSPS) is 8.67. The molecule has 1 aromatic carbocycles. The summed E-state index contributed by atoms with van der Waals surface area (Å²) in [4.78, 5) is 0. The summed E-state index contributed by atoms with van der Waals surface area (Å²) < 4.78 is 0. The Bertz CT molecular complexity index is 202. The lowest BCUT2D eigenvalue weighted by molar-refractivity contribution is 0.866. The number of hydrogen-bond donors (Lipinski definition) is 0. The Balaban J connectivity index is 0. The van der Waals surface area contributed by atoms with Crippen LogP contribution in [0.1, 0.15) is 30.9 Å². The smallest absolute Gasteiger partial charge is 0.0219 e. The molecule has 0 aromatic heterocycles. The van der Waals surface area contributed by atoms with E-state index in [1.165, 1.54) is 11.1 Å². The van der Waals surface area contributed by atoms with E-state index in [4.69, 9.17) is 0 Å². The maximum Gasteiger partial charge on any atom is -0.0219 e. The number of hydrogen-bond acceptors (Lipinski definition) is 0. The number of aryl methyl sites for hydroxylation is 1. The summed E-state index contributed by atoms with van der Waals surface area (Å²) in [6.07, 6.45) is 0. The van der Waals surface area contributed by atoms with Gasteiger partial charge in [-0.15, -0.1) is 48.0 Å². The quantitative estimate of drug-likeness (QED) is 0.626. The van der Waals surface area contributed by atoms with E-state index in [9.17, 15) is 0 Å². The van der Waals surface area contributed by atoms with E-state index in [-0.39, 0.29) is 48.0 Å². The highest BCUT2D eigenvalue weighted by Gasteiger charge is 1.95. The molecular weight excluding hydrogens is 374 g/mol. The minimum atomic E-state index is 0. The third-order valence-corrected chi connectivity index (χ3v) is 1.74. The molecule has 0 spiro atoms. The zero-order valence-electron chi connectivity index (χ0n) is 7.70. The first-order valence-electron chi connectivity index (χ1n) is 3.76. The average molecular weight is 390 g/mol. The third-order valence-electron chi connectivity index (χ3n) is 1.74. The highest BCUT2D eigenvalue weighted by Crippen LogP contribution is 2.13. The first kappa shape index (κ1) is 15.2. The topological polar surface area (TPSA) is 0 Å². The van der Waals surface area contributed by atoms with Crippen LogP contribution in [0.5, 0.6) is 0 Å². The molecule has 0 nitrogen and oxygen atoms in total. The van der Waals surface area contributed by atoms with E-state index < -0.39 is 0 Å². The van der Waals surface area contributed by atoms with Crippen LogP contribution in [0.15, 0.2) is 24.3 Å². The zero-order valence-corrected chi connectivity index (χ0v) is 12.4. The van der Waals surface area contributed by atoms with Crippen molar-refractivity contribution in [1.29, 1.82) is 0 Å². The predicted octanol–water partition coefficient (Wildman–Crippen LogP) is 4.35. The van der Waals surface area contributed by atoms with Crippen LogP contribution in [0, 0.1) is 6.92 Å². The van der Waals surface area contributed by atoms with E-state index in [2.05, 4.69) is 45.0 Å². The SMILES string of the molecule is Cc1ccc(C(C)C)cc1.I.I. The fraction of sp³-hybridized carbons (Fsp3) is 0.400. The molecule has 0 fully saturated rings. The van der Waals surface area contributed by atoms with E-state index in [1.54, 1.807) is 0 Å².